The number of halogens is 1. The van der Waals surface area contributed by atoms with Crippen molar-refractivity contribution < 1.29 is 0 Å². The van der Waals surface area contributed by atoms with Crippen LogP contribution in [0.15, 0.2) is 0 Å². The number of hydrogen-bond acceptors (Lipinski definition) is 0. The van der Waals surface area contributed by atoms with Gasteiger partial charge in [-0.25, -0.2) is 0 Å². The molecule has 0 aliphatic heterocycles. The Balaban J connectivity index is 1.89. The average Bonchev–Trinajstić information content (AvgIpc) is 2.53. The predicted octanol–water partition coefficient (Wildman–Crippen LogP) is 3.97. The topological polar surface area (TPSA) is 0 Å². The van der Waals surface area contributed by atoms with Crippen molar-refractivity contribution in [1.82, 2.24) is 0 Å². The molecule has 1 heteroatoms. The van der Waals surface area contributed by atoms with Crippen molar-refractivity contribution in [3.8, 4) is 0 Å². The quantitative estimate of drug-likeness (QED) is 0.544. The summed E-state index contributed by atoms with van der Waals surface area (Å²) in [6.07, 6.45) is 11.4. The van der Waals surface area contributed by atoms with E-state index in [1.807, 2.05) is 0 Å². The zero-order chi connectivity index (χ0) is 8.39. The summed E-state index contributed by atoms with van der Waals surface area (Å²) in [5.74, 6) is 1.87. The Kier molecular flexibility index (Phi) is 2.96. The second kappa shape index (κ2) is 4.00. The molecule has 2 rings (SSSR count). The lowest BCUT2D eigenvalue weighted by Gasteiger charge is -2.29. The van der Waals surface area contributed by atoms with E-state index in [1.165, 1.54) is 51.4 Å². The number of alkyl halides is 1. The summed E-state index contributed by atoms with van der Waals surface area (Å²) in [4.78, 5) is 0. The van der Waals surface area contributed by atoms with Crippen LogP contribution in [0.3, 0.4) is 0 Å². The van der Waals surface area contributed by atoms with Crippen molar-refractivity contribution in [1.29, 1.82) is 0 Å². The third kappa shape index (κ3) is 1.79. The van der Waals surface area contributed by atoms with Gasteiger partial charge >= 0.3 is 0 Å². The summed E-state index contributed by atoms with van der Waals surface area (Å²) in [6, 6.07) is 0. The molecule has 0 radical (unpaired) electrons. The van der Waals surface area contributed by atoms with Gasteiger partial charge in [-0.15, -0.1) is 11.6 Å². The largest absolute Gasteiger partial charge is 0.123 e. The van der Waals surface area contributed by atoms with Crippen LogP contribution in [0.2, 0.25) is 0 Å². The summed E-state index contributed by atoms with van der Waals surface area (Å²) < 4.78 is 0. The maximum Gasteiger partial charge on any atom is 0.0366 e. The highest BCUT2D eigenvalue weighted by atomic mass is 35.5. The van der Waals surface area contributed by atoms with Gasteiger partial charge in [-0.1, -0.05) is 38.5 Å². The van der Waals surface area contributed by atoms with E-state index >= 15 is 0 Å². The van der Waals surface area contributed by atoms with E-state index in [1.54, 1.807) is 0 Å². The van der Waals surface area contributed by atoms with Gasteiger partial charge in [-0.05, 0) is 24.7 Å². The number of rotatable bonds is 1. The normalized spacial score (nSPS) is 38.8. The van der Waals surface area contributed by atoms with E-state index in [2.05, 4.69) is 0 Å². The lowest BCUT2D eigenvalue weighted by Crippen LogP contribution is -2.21. The van der Waals surface area contributed by atoms with E-state index in [0.717, 1.165) is 11.8 Å². The van der Waals surface area contributed by atoms with Gasteiger partial charge in [0.1, 0.15) is 0 Å². The van der Waals surface area contributed by atoms with Crippen molar-refractivity contribution in [2.75, 3.05) is 0 Å². The molecule has 0 saturated heterocycles. The summed E-state index contributed by atoms with van der Waals surface area (Å²) in [6.45, 7) is 0. The molecule has 2 fully saturated rings. The first-order chi connectivity index (χ1) is 5.88. The first kappa shape index (κ1) is 8.87. The maximum atomic E-state index is 6.31. The van der Waals surface area contributed by atoms with Crippen molar-refractivity contribution >= 4 is 11.6 Å². The summed E-state index contributed by atoms with van der Waals surface area (Å²) in [5.41, 5.74) is 0. The van der Waals surface area contributed by atoms with Gasteiger partial charge in [0.25, 0.3) is 0 Å². The molecular weight excluding hydrogens is 168 g/mol. The molecule has 70 valence electrons. The lowest BCUT2D eigenvalue weighted by molar-refractivity contribution is 0.254. The highest BCUT2D eigenvalue weighted by Gasteiger charge is 2.32. The zero-order valence-corrected chi connectivity index (χ0v) is 8.52. The smallest absolute Gasteiger partial charge is 0.0366 e. The zero-order valence-electron chi connectivity index (χ0n) is 7.77. The Morgan fingerprint density at radius 1 is 0.750 bits per heavy atom. The third-order valence-electron chi connectivity index (χ3n) is 3.74. The highest BCUT2D eigenvalue weighted by Crippen LogP contribution is 2.41. The van der Waals surface area contributed by atoms with Crippen LogP contribution < -0.4 is 0 Å². The molecular formula is C11H19Cl. The minimum atomic E-state index is 0.521. The van der Waals surface area contributed by atoms with Gasteiger partial charge in [0, 0.05) is 5.38 Å². The average molecular weight is 187 g/mol. The predicted molar refractivity (Wildman–Crippen MR) is 53.6 cm³/mol. The minimum absolute atomic E-state index is 0.521. The molecule has 2 aliphatic rings. The summed E-state index contributed by atoms with van der Waals surface area (Å²) >= 11 is 6.31. The van der Waals surface area contributed by atoms with E-state index in [4.69, 9.17) is 11.6 Å². The summed E-state index contributed by atoms with van der Waals surface area (Å²) in [7, 11) is 0. The second-order valence-electron chi connectivity index (χ2n) is 4.51. The monoisotopic (exact) mass is 186 g/mol. The van der Waals surface area contributed by atoms with Crippen molar-refractivity contribution in [2.24, 2.45) is 11.8 Å². The fraction of sp³-hybridized carbons (Fsp3) is 1.00. The van der Waals surface area contributed by atoms with Gasteiger partial charge < -0.3 is 0 Å². The molecule has 0 aromatic rings. The van der Waals surface area contributed by atoms with Crippen LogP contribution in [-0.2, 0) is 0 Å². The van der Waals surface area contributed by atoms with E-state index < -0.39 is 0 Å². The lowest BCUT2D eigenvalue weighted by atomic mass is 9.79. The fourth-order valence-electron chi connectivity index (χ4n) is 3.04. The van der Waals surface area contributed by atoms with E-state index in [9.17, 15) is 0 Å². The molecule has 12 heavy (non-hydrogen) atoms. The second-order valence-corrected chi connectivity index (χ2v) is 5.07. The minimum Gasteiger partial charge on any atom is -0.123 e. The maximum absolute atomic E-state index is 6.31. The number of hydrogen-bond donors (Lipinski definition) is 0. The Bertz CT molecular complexity index is 138. The molecule has 0 heterocycles. The molecule has 0 nitrogen and oxygen atoms in total. The molecule has 0 spiro atoms. The molecule has 2 aliphatic carbocycles. The molecule has 0 aromatic heterocycles. The van der Waals surface area contributed by atoms with Crippen LogP contribution in [0.5, 0.6) is 0 Å². The van der Waals surface area contributed by atoms with Crippen LogP contribution in [0, 0.1) is 11.8 Å². The molecule has 2 unspecified atom stereocenters. The van der Waals surface area contributed by atoms with E-state index in [-0.39, 0.29) is 0 Å². The molecule has 0 amide bonds. The van der Waals surface area contributed by atoms with Crippen LogP contribution >= 0.6 is 11.6 Å². The highest BCUT2D eigenvalue weighted by molar-refractivity contribution is 6.20. The molecule has 2 saturated carbocycles. The Hall–Kier alpha value is 0.290. The molecule has 0 bridgehead atoms. The SMILES string of the molecule is ClC1CCCC1C1CCCCC1. The Labute approximate surface area is 80.7 Å². The van der Waals surface area contributed by atoms with Gasteiger partial charge in [-0.2, -0.15) is 0 Å². The van der Waals surface area contributed by atoms with Crippen LogP contribution in [-0.4, -0.2) is 5.38 Å². The Morgan fingerprint density at radius 3 is 2.08 bits per heavy atom. The molecule has 0 N–H and O–H groups in total. The standard InChI is InChI=1S/C11H19Cl/c12-11-8-4-7-10(11)9-5-2-1-3-6-9/h9-11H,1-8H2. The first-order valence-electron chi connectivity index (χ1n) is 5.52. The molecule has 2 atom stereocenters. The van der Waals surface area contributed by atoms with Crippen LogP contribution in [0.4, 0.5) is 0 Å². The molecule has 0 aromatic carbocycles. The van der Waals surface area contributed by atoms with Crippen molar-refractivity contribution in [2.45, 2.75) is 56.7 Å². The van der Waals surface area contributed by atoms with Crippen LogP contribution in [0.25, 0.3) is 0 Å². The van der Waals surface area contributed by atoms with Crippen LogP contribution in [0.1, 0.15) is 51.4 Å². The van der Waals surface area contributed by atoms with Gasteiger partial charge in [-0.3, -0.25) is 0 Å². The summed E-state index contributed by atoms with van der Waals surface area (Å²) in [5, 5.41) is 0.521. The Morgan fingerprint density at radius 2 is 1.50 bits per heavy atom. The van der Waals surface area contributed by atoms with Crippen molar-refractivity contribution in [3.05, 3.63) is 0 Å². The third-order valence-corrected chi connectivity index (χ3v) is 4.28. The van der Waals surface area contributed by atoms with Gasteiger partial charge in [0.2, 0.25) is 0 Å². The first-order valence-corrected chi connectivity index (χ1v) is 5.95. The van der Waals surface area contributed by atoms with Crippen molar-refractivity contribution in [3.63, 3.8) is 0 Å². The van der Waals surface area contributed by atoms with E-state index in [0.29, 0.717) is 5.38 Å². The van der Waals surface area contributed by atoms with Gasteiger partial charge in [0.05, 0.1) is 0 Å². The van der Waals surface area contributed by atoms with Gasteiger partial charge in [0.15, 0.2) is 0 Å². The fourth-order valence-corrected chi connectivity index (χ4v) is 3.52.